The number of hydrogen-bond donors (Lipinski definition) is 1. The second kappa shape index (κ2) is 14.2. The molecule has 0 aliphatic rings. The van der Waals surface area contributed by atoms with Crippen molar-refractivity contribution < 1.29 is 30.2 Å². The van der Waals surface area contributed by atoms with Gasteiger partial charge in [-0.2, -0.15) is 0 Å². The molecule has 0 aliphatic carbocycles. The van der Waals surface area contributed by atoms with Crippen LogP contribution in [-0.2, 0) is 13.1 Å². The van der Waals surface area contributed by atoms with E-state index in [4.69, 9.17) is 12.2 Å². The lowest BCUT2D eigenvalue weighted by atomic mass is 10.1. The molecule has 1 N–H and O–H groups in total. The Morgan fingerprint density at radius 3 is 1.84 bits per heavy atom. The molecular formula is C31H40BrF2N3S. The zero-order chi connectivity index (χ0) is 27.2. The standard InChI is InChI=1S/C31H39F2N3S.BrH/c1-22-14-23(2)17-26(16-22)20-35(31(37)34-30-28(32)10-9-11-29(30)33)12-7-8-13-36(5,6)21-27-18-24(3)15-25(4)19-27;/h9-11,14-19H,7-8,12-13,20-21H2,1-6H3;1H. The average Bonchev–Trinajstić information content (AvgIpc) is 2.76. The summed E-state index contributed by atoms with van der Waals surface area (Å²) in [5.74, 6) is -1.31. The fourth-order valence-corrected chi connectivity index (χ4v) is 5.27. The Balaban J connectivity index is 0.00000507. The van der Waals surface area contributed by atoms with Crippen molar-refractivity contribution >= 4 is 23.0 Å². The molecule has 0 aromatic heterocycles. The van der Waals surface area contributed by atoms with Gasteiger partial charge in [0.25, 0.3) is 0 Å². The first-order valence-corrected chi connectivity index (χ1v) is 13.3. The number of hydrogen-bond acceptors (Lipinski definition) is 1. The van der Waals surface area contributed by atoms with Gasteiger partial charge in [-0.1, -0.05) is 64.7 Å². The van der Waals surface area contributed by atoms with Gasteiger partial charge in [-0.05, 0) is 70.5 Å². The number of aryl methyl sites for hydroxylation is 4. The Hall–Kier alpha value is -2.35. The van der Waals surface area contributed by atoms with Crippen molar-refractivity contribution in [3.63, 3.8) is 0 Å². The van der Waals surface area contributed by atoms with Crippen LogP contribution in [0.3, 0.4) is 0 Å². The summed E-state index contributed by atoms with van der Waals surface area (Å²) in [4.78, 5) is 2.01. The average molecular weight is 605 g/mol. The van der Waals surface area contributed by atoms with E-state index >= 15 is 0 Å². The number of quaternary nitrogens is 1. The summed E-state index contributed by atoms with van der Waals surface area (Å²) < 4.78 is 29.5. The fourth-order valence-electron chi connectivity index (χ4n) is 5.01. The summed E-state index contributed by atoms with van der Waals surface area (Å²) in [6.45, 7) is 11.7. The van der Waals surface area contributed by atoms with Crippen LogP contribution >= 0.6 is 12.2 Å². The SMILES string of the molecule is Cc1cc(C)cc(CN(CCCC[N+](C)(C)Cc2cc(C)cc(C)c2)C(=S)Nc2c(F)cccc2F)c1.[Br-]. The maximum atomic E-state index is 14.3. The third kappa shape index (κ3) is 9.75. The summed E-state index contributed by atoms with van der Waals surface area (Å²) in [5.41, 5.74) is 7.23. The van der Waals surface area contributed by atoms with Crippen molar-refractivity contribution in [2.75, 3.05) is 32.5 Å². The Bertz CT molecular complexity index is 1190. The summed E-state index contributed by atoms with van der Waals surface area (Å²) in [5, 5.41) is 3.16. The lowest BCUT2D eigenvalue weighted by Crippen LogP contribution is -3.00. The zero-order valence-corrected chi connectivity index (χ0v) is 25.8. The van der Waals surface area contributed by atoms with Crippen molar-refractivity contribution in [3.8, 4) is 0 Å². The minimum absolute atomic E-state index is 0. The number of thiocarbonyl (C=S) groups is 1. The zero-order valence-electron chi connectivity index (χ0n) is 23.4. The number of halogens is 3. The Morgan fingerprint density at radius 1 is 0.816 bits per heavy atom. The van der Waals surface area contributed by atoms with Gasteiger partial charge in [0, 0.05) is 18.7 Å². The van der Waals surface area contributed by atoms with Crippen LogP contribution in [0.2, 0.25) is 0 Å². The molecule has 0 atom stereocenters. The molecule has 0 heterocycles. The van der Waals surface area contributed by atoms with Crippen LogP contribution in [0, 0.1) is 39.3 Å². The van der Waals surface area contributed by atoms with Gasteiger partial charge in [0.1, 0.15) is 23.9 Å². The maximum absolute atomic E-state index is 14.3. The van der Waals surface area contributed by atoms with Crippen molar-refractivity contribution in [1.29, 1.82) is 0 Å². The molecular weight excluding hydrogens is 564 g/mol. The smallest absolute Gasteiger partial charge is 0.173 e. The van der Waals surface area contributed by atoms with Crippen molar-refractivity contribution in [1.82, 2.24) is 4.90 Å². The van der Waals surface area contributed by atoms with Gasteiger partial charge >= 0.3 is 0 Å². The number of nitrogens with one attached hydrogen (secondary N) is 1. The molecule has 3 nitrogen and oxygen atoms in total. The molecule has 3 aromatic rings. The van der Waals surface area contributed by atoms with E-state index < -0.39 is 11.6 Å². The Kier molecular flexibility index (Phi) is 11.9. The number of unbranched alkanes of at least 4 members (excludes halogenated alkanes) is 1. The molecule has 3 aromatic carbocycles. The van der Waals surface area contributed by atoms with Crippen LogP contribution in [0.1, 0.15) is 46.2 Å². The lowest BCUT2D eigenvalue weighted by Gasteiger charge is -2.31. The van der Waals surface area contributed by atoms with Crippen LogP contribution in [0.25, 0.3) is 0 Å². The molecule has 0 radical (unpaired) electrons. The minimum Gasteiger partial charge on any atom is -1.00 e. The van der Waals surface area contributed by atoms with Crippen LogP contribution in [0.4, 0.5) is 14.5 Å². The minimum atomic E-state index is -0.654. The monoisotopic (exact) mass is 603 g/mol. The van der Waals surface area contributed by atoms with E-state index in [0.29, 0.717) is 18.2 Å². The Morgan fingerprint density at radius 2 is 1.32 bits per heavy atom. The van der Waals surface area contributed by atoms with E-state index in [9.17, 15) is 8.78 Å². The second-order valence-corrected chi connectivity index (χ2v) is 11.4. The fraction of sp³-hybridized carbons (Fsp3) is 0.387. The summed E-state index contributed by atoms with van der Waals surface area (Å²) in [6.07, 6.45) is 1.93. The van der Waals surface area contributed by atoms with Gasteiger partial charge < -0.3 is 31.7 Å². The number of para-hydroxylation sites is 1. The van der Waals surface area contributed by atoms with Gasteiger partial charge in [0.05, 0.1) is 20.6 Å². The molecule has 0 saturated heterocycles. The van der Waals surface area contributed by atoms with Crippen LogP contribution in [-0.4, -0.2) is 41.7 Å². The normalized spacial score (nSPS) is 11.2. The number of benzene rings is 3. The predicted octanol–water partition coefficient (Wildman–Crippen LogP) is 4.46. The molecule has 3 rings (SSSR count). The summed E-state index contributed by atoms with van der Waals surface area (Å²) in [7, 11) is 4.52. The molecule has 0 fully saturated rings. The highest BCUT2D eigenvalue weighted by Crippen LogP contribution is 2.20. The van der Waals surface area contributed by atoms with E-state index in [-0.39, 0.29) is 22.7 Å². The molecule has 0 spiro atoms. The van der Waals surface area contributed by atoms with Gasteiger partial charge in [-0.25, -0.2) is 8.78 Å². The molecule has 0 aliphatic heterocycles. The third-order valence-corrected chi connectivity index (χ3v) is 6.83. The number of rotatable bonds is 10. The second-order valence-electron chi connectivity index (χ2n) is 11.0. The number of anilines is 1. The van der Waals surface area contributed by atoms with E-state index in [1.807, 2.05) is 4.90 Å². The molecule has 0 bridgehead atoms. The van der Waals surface area contributed by atoms with Crippen molar-refractivity contribution in [2.24, 2.45) is 0 Å². The summed E-state index contributed by atoms with van der Waals surface area (Å²) in [6, 6.07) is 17.0. The van der Waals surface area contributed by atoms with Crippen LogP contribution in [0.5, 0.6) is 0 Å². The van der Waals surface area contributed by atoms with E-state index in [0.717, 1.165) is 36.0 Å². The van der Waals surface area contributed by atoms with Gasteiger partial charge in [0.15, 0.2) is 5.11 Å². The maximum Gasteiger partial charge on any atom is 0.173 e. The third-order valence-electron chi connectivity index (χ3n) is 6.47. The first-order chi connectivity index (χ1) is 17.4. The highest BCUT2D eigenvalue weighted by Gasteiger charge is 2.19. The van der Waals surface area contributed by atoms with E-state index in [1.165, 1.54) is 46.0 Å². The summed E-state index contributed by atoms with van der Waals surface area (Å²) >= 11 is 5.65. The molecule has 7 heteroatoms. The highest BCUT2D eigenvalue weighted by molar-refractivity contribution is 7.80. The van der Waals surface area contributed by atoms with E-state index in [2.05, 4.69) is 83.5 Å². The number of nitrogens with zero attached hydrogens (tertiary/aromatic N) is 2. The molecule has 0 unspecified atom stereocenters. The predicted molar refractivity (Wildman–Crippen MR) is 155 cm³/mol. The first kappa shape index (κ1) is 31.9. The van der Waals surface area contributed by atoms with Crippen LogP contribution < -0.4 is 22.3 Å². The molecule has 38 heavy (non-hydrogen) atoms. The topological polar surface area (TPSA) is 15.3 Å². The molecule has 206 valence electrons. The molecule has 0 saturated carbocycles. The van der Waals surface area contributed by atoms with Crippen molar-refractivity contribution in [3.05, 3.63) is 99.6 Å². The highest BCUT2D eigenvalue weighted by atomic mass is 79.9. The lowest BCUT2D eigenvalue weighted by molar-refractivity contribution is -0.903. The van der Waals surface area contributed by atoms with Crippen molar-refractivity contribution in [2.45, 2.75) is 53.6 Å². The van der Waals surface area contributed by atoms with Crippen LogP contribution in [0.15, 0.2) is 54.6 Å². The molecule has 0 amide bonds. The first-order valence-electron chi connectivity index (χ1n) is 12.9. The largest absolute Gasteiger partial charge is 1.00 e. The van der Waals surface area contributed by atoms with Gasteiger partial charge in [-0.3, -0.25) is 0 Å². The quantitative estimate of drug-likeness (QED) is 0.209. The van der Waals surface area contributed by atoms with Gasteiger partial charge in [-0.15, -0.1) is 0 Å². The van der Waals surface area contributed by atoms with E-state index in [1.54, 1.807) is 0 Å². The van der Waals surface area contributed by atoms with Gasteiger partial charge in [0.2, 0.25) is 0 Å². The Labute approximate surface area is 243 Å².